The van der Waals surface area contributed by atoms with Crippen molar-refractivity contribution in [3.63, 3.8) is 0 Å². The maximum Gasteiger partial charge on any atom is 0.123 e. The molecule has 0 bridgehead atoms. The highest BCUT2D eigenvalue weighted by Crippen LogP contribution is 2.17. The number of aliphatic hydroxyl groups excluding tert-OH is 1. The number of halogens is 1. The van der Waals surface area contributed by atoms with Crippen molar-refractivity contribution in [2.45, 2.75) is 25.6 Å². The quantitative estimate of drug-likeness (QED) is 0.372. The van der Waals surface area contributed by atoms with Gasteiger partial charge in [-0.2, -0.15) is 0 Å². The number of ether oxygens (including phenoxy) is 3. The Balaban J connectivity index is 1.59. The summed E-state index contributed by atoms with van der Waals surface area (Å²) in [4.78, 5) is 2.19. The molecule has 6 nitrogen and oxygen atoms in total. The predicted octanol–water partition coefficient (Wildman–Crippen LogP) is 3.96. The van der Waals surface area contributed by atoms with Gasteiger partial charge >= 0.3 is 0 Å². The van der Waals surface area contributed by atoms with E-state index < -0.39 is 6.10 Å². The molecule has 3 rings (SSSR count). The van der Waals surface area contributed by atoms with Crippen LogP contribution in [0.4, 0.5) is 4.39 Å². The van der Waals surface area contributed by atoms with Crippen LogP contribution in [-0.4, -0.2) is 61.2 Å². The minimum Gasteiger partial charge on any atom is -0.497 e. The SMILES string of the molecule is COCCCN(Cc1cccn1Cc1cccc(F)c1)C[C@@H](O)COc1ccc(OC)cc1. The highest BCUT2D eigenvalue weighted by Gasteiger charge is 2.15. The molecule has 0 aliphatic rings. The number of hydrogen-bond donors (Lipinski definition) is 1. The summed E-state index contributed by atoms with van der Waals surface area (Å²) in [5.74, 6) is 1.21. The molecule has 0 aliphatic carbocycles. The molecule has 0 saturated carbocycles. The van der Waals surface area contributed by atoms with Crippen molar-refractivity contribution < 1.29 is 23.7 Å². The topological polar surface area (TPSA) is 56.1 Å². The monoisotopic (exact) mass is 456 g/mol. The molecule has 1 heterocycles. The van der Waals surface area contributed by atoms with Gasteiger partial charge in [-0.05, 0) is 60.5 Å². The largest absolute Gasteiger partial charge is 0.497 e. The van der Waals surface area contributed by atoms with E-state index >= 15 is 0 Å². The van der Waals surface area contributed by atoms with Gasteiger partial charge in [0, 0.05) is 51.8 Å². The van der Waals surface area contributed by atoms with Gasteiger partial charge in [0.25, 0.3) is 0 Å². The molecule has 0 radical (unpaired) electrons. The molecule has 0 amide bonds. The van der Waals surface area contributed by atoms with Crippen molar-refractivity contribution in [2.75, 3.05) is 40.5 Å². The summed E-state index contributed by atoms with van der Waals surface area (Å²) >= 11 is 0. The molecule has 1 N–H and O–H groups in total. The zero-order valence-corrected chi connectivity index (χ0v) is 19.3. The minimum absolute atomic E-state index is 0.192. The van der Waals surface area contributed by atoms with Crippen LogP contribution in [0.1, 0.15) is 17.7 Å². The number of benzene rings is 2. The smallest absolute Gasteiger partial charge is 0.123 e. The molecular formula is C26H33FN2O4. The number of rotatable bonds is 14. The van der Waals surface area contributed by atoms with E-state index in [9.17, 15) is 9.50 Å². The number of nitrogens with zero attached hydrogens (tertiary/aromatic N) is 2. The van der Waals surface area contributed by atoms with Crippen molar-refractivity contribution in [3.8, 4) is 11.5 Å². The van der Waals surface area contributed by atoms with Gasteiger partial charge in [-0.3, -0.25) is 4.90 Å². The van der Waals surface area contributed by atoms with E-state index in [1.807, 2.05) is 42.6 Å². The molecule has 0 unspecified atom stereocenters. The average molecular weight is 457 g/mol. The van der Waals surface area contributed by atoms with E-state index in [-0.39, 0.29) is 12.4 Å². The first-order chi connectivity index (χ1) is 16.1. The second-order valence-corrected chi connectivity index (χ2v) is 7.98. The number of hydrogen-bond acceptors (Lipinski definition) is 5. The molecule has 0 saturated heterocycles. The van der Waals surface area contributed by atoms with Gasteiger partial charge in [0.1, 0.15) is 30.0 Å². The van der Waals surface area contributed by atoms with Gasteiger partial charge in [0.15, 0.2) is 0 Å². The fourth-order valence-electron chi connectivity index (χ4n) is 3.69. The lowest BCUT2D eigenvalue weighted by atomic mass is 10.2. The number of methoxy groups -OCH3 is 2. The second kappa shape index (κ2) is 13.0. The summed E-state index contributed by atoms with van der Waals surface area (Å²) in [6.07, 6.45) is 2.20. The normalized spacial score (nSPS) is 12.2. The molecule has 0 aliphatic heterocycles. The van der Waals surface area contributed by atoms with Crippen LogP contribution in [0, 0.1) is 5.82 Å². The van der Waals surface area contributed by atoms with Crippen LogP contribution in [0.15, 0.2) is 66.9 Å². The molecule has 3 aromatic rings. The predicted molar refractivity (Wildman–Crippen MR) is 126 cm³/mol. The fourth-order valence-corrected chi connectivity index (χ4v) is 3.69. The molecule has 2 aromatic carbocycles. The first kappa shape index (κ1) is 24.8. The Bertz CT molecular complexity index is 961. The fraction of sp³-hybridized carbons (Fsp3) is 0.385. The van der Waals surface area contributed by atoms with Crippen LogP contribution in [0.3, 0.4) is 0 Å². The van der Waals surface area contributed by atoms with Gasteiger partial charge in [-0.25, -0.2) is 4.39 Å². The van der Waals surface area contributed by atoms with E-state index in [0.717, 1.165) is 30.0 Å². The van der Waals surface area contributed by atoms with Gasteiger partial charge < -0.3 is 23.9 Å². The van der Waals surface area contributed by atoms with Crippen LogP contribution in [-0.2, 0) is 17.8 Å². The zero-order valence-electron chi connectivity index (χ0n) is 19.3. The Morgan fingerprint density at radius 1 is 1.03 bits per heavy atom. The lowest BCUT2D eigenvalue weighted by molar-refractivity contribution is 0.0610. The van der Waals surface area contributed by atoms with Crippen LogP contribution in [0.5, 0.6) is 11.5 Å². The highest BCUT2D eigenvalue weighted by molar-refractivity contribution is 5.31. The lowest BCUT2D eigenvalue weighted by Gasteiger charge is -2.26. The van der Waals surface area contributed by atoms with E-state index in [0.29, 0.717) is 32.0 Å². The maximum absolute atomic E-state index is 13.6. The van der Waals surface area contributed by atoms with Crippen LogP contribution < -0.4 is 9.47 Å². The molecule has 178 valence electrons. The third-order valence-electron chi connectivity index (χ3n) is 5.34. The van der Waals surface area contributed by atoms with Crippen molar-refractivity contribution >= 4 is 0 Å². The summed E-state index contributed by atoms with van der Waals surface area (Å²) < 4.78 is 31.8. The molecule has 0 spiro atoms. The average Bonchev–Trinajstić information content (AvgIpc) is 3.24. The first-order valence-electron chi connectivity index (χ1n) is 11.1. The van der Waals surface area contributed by atoms with Crippen molar-refractivity contribution in [1.82, 2.24) is 9.47 Å². The molecular weight excluding hydrogens is 423 g/mol. The second-order valence-electron chi connectivity index (χ2n) is 7.98. The molecule has 0 fully saturated rings. The van der Waals surface area contributed by atoms with E-state index in [1.54, 1.807) is 26.4 Å². The number of aromatic nitrogens is 1. The Morgan fingerprint density at radius 3 is 2.55 bits per heavy atom. The van der Waals surface area contributed by atoms with Gasteiger partial charge in [0.05, 0.1) is 7.11 Å². The Hall–Kier alpha value is -2.87. The van der Waals surface area contributed by atoms with Crippen LogP contribution >= 0.6 is 0 Å². The van der Waals surface area contributed by atoms with E-state index in [1.165, 1.54) is 6.07 Å². The molecule has 33 heavy (non-hydrogen) atoms. The Kier molecular flexibility index (Phi) is 9.75. The summed E-state index contributed by atoms with van der Waals surface area (Å²) in [7, 11) is 3.30. The van der Waals surface area contributed by atoms with Crippen molar-refractivity contribution in [3.05, 3.63) is 83.9 Å². The maximum atomic E-state index is 13.6. The molecule has 1 aromatic heterocycles. The zero-order chi connectivity index (χ0) is 23.5. The van der Waals surface area contributed by atoms with Crippen molar-refractivity contribution in [1.29, 1.82) is 0 Å². The highest BCUT2D eigenvalue weighted by atomic mass is 19.1. The Morgan fingerprint density at radius 2 is 1.82 bits per heavy atom. The first-order valence-corrected chi connectivity index (χ1v) is 11.1. The Labute approximate surface area is 195 Å². The third kappa shape index (κ3) is 8.20. The summed E-state index contributed by atoms with van der Waals surface area (Å²) in [5, 5.41) is 10.6. The van der Waals surface area contributed by atoms with Crippen molar-refractivity contribution in [2.24, 2.45) is 0 Å². The third-order valence-corrected chi connectivity index (χ3v) is 5.34. The van der Waals surface area contributed by atoms with Crippen LogP contribution in [0.25, 0.3) is 0 Å². The van der Waals surface area contributed by atoms with Crippen LogP contribution in [0.2, 0.25) is 0 Å². The minimum atomic E-state index is -0.652. The van der Waals surface area contributed by atoms with Gasteiger partial charge in [-0.1, -0.05) is 12.1 Å². The molecule has 7 heteroatoms. The summed E-state index contributed by atoms with van der Waals surface area (Å²) in [6.45, 7) is 3.33. The lowest BCUT2D eigenvalue weighted by Crippen LogP contribution is -2.36. The van der Waals surface area contributed by atoms with E-state index in [2.05, 4.69) is 15.5 Å². The van der Waals surface area contributed by atoms with E-state index in [4.69, 9.17) is 14.2 Å². The number of aliphatic hydroxyl groups is 1. The standard InChI is InChI=1S/C26H33FN2O4/c1-31-15-5-13-28(19-24(30)20-33-26-11-9-25(32-2)10-12-26)18-23-8-4-14-29(23)17-21-6-3-7-22(27)16-21/h3-4,6-12,14,16,24,30H,5,13,15,17-20H2,1-2H3/t24-/m1/s1. The summed E-state index contributed by atoms with van der Waals surface area (Å²) in [5.41, 5.74) is 2.01. The summed E-state index contributed by atoms with van der Waals surface area (Å²) in [6, 6.07) is 18.0. The molecule has 1 atom stereocenters. The van der Waals surface area contributed by atoms with Gasteiger partial charge in [-0.15, -0.1) is 0 Å². The van der Waals surface area contributed by atoms with Gasteiger partial charge in [0.2, 0.25) is 0 Å².